The lowest BCUT2D eigenvalue weighted by molar-refractivity contribution is -0.0312. The molecule has 2 N–H and O–H groups in total. The number of benzene rings is 2. The molecular weight excluding hydrogens is 352 g/mol. The predicted octanol–water partition coefficient (Wildman–Crippen LogP) is 1.90. The molecule has 0 fully saturated rings. The highest BCUT2D eigenvalue weighted by atomic mass is 16.5. The molecule has 0 spiro atoms. The first-order chi connectivity index (χ1) is 13.1. The van der Waals surface area contributed by atoms with Crippen molar-refractivity contribution in [3.63, 3.8) is 0 Å². The average Bonchev–Trinajstić information content (AvgIpc) is 2.71. The second-order valence-corrected chi connectivity index (χ2v) is 5.77. The molecule has 0 amide bonds. The summed E-state index contributed by atoms with van der Waals surface area (Å²) < 4.78 is 26.7. The van der Waals surface area contributed by atoms with Crippen molar-refractivity contribution in [2.24, 2.45) is 0 Å². The molecule has 0 saturated carbocycles. The molecular formula is C20H26O7. The first-order valence-electron chi connectivity index (χ1n) is 8.59. The van der Waals surface area contributed by atoms with Crippen LogP contribution in [0.5, 0.6) is 23.0 Å². The van der Waals surface area contributed by atoms with Gasteiger partial charge < -0.3 is 33.9 Å². The van der Waals surface area contributed by atoms with Gasteiger partial charge in [-0.05, 0) is 24.3 Å². The standard InChI is InChI=1S/C20H26O7/c1-23-17-7-3-5-9-19(17)26-13-15(21)11-25-12-16(22)14-27-20-10-6-4-8-18(20)24-2/h3-10,15-16,21-22H,11-14H2,1-2H3/t15-,16-/m0/s1. The van der Waals surface area contributed by atoms with E-state index < -0.39 is 12.2 Å². The number of para-hydroxylation sites is 4. The highest BCUT2D eigenvalue weighted by molar-refractivity contribution is 5.39. The van der Waals surface area contributed by atoms with Crippen LogP contribution in [0.1, 0.15) is 0 Å². The van der Waals surface area contributed by atoms with Crippen molar-refractivity contribution in [1.29, 1.82) is 0 Å². The highest BCUT2D eigenvalue weighted by Crippen LogP contribution is 2.26. The summed E-state index contributed by atoms with van der Waals surface area (Å²) in [5.74, 6) is 2.28. The van der Waals surface area contributed by atoms with Gasteiger partial charge in [-0.25, -0.2) is 0 Å². The van der Waals surface area contributed by atoms with Gasteiger partial charge in [0.25, 0.3) is 0 Å². The van der Waals surface area contributed by atoms with Crippen LogP contribution in [0, 0.1) is 0 Å². The Morgan fingerprint density at radius 1 is 0.630 bits per heavy atom. The minimum absolute atomic E-state index is 0.0286. The fraction of sp³-hybridized carbons (Fsp3) is 0.400. The Balaban J connectivity index is 1.65. The van der Waals surface area contributed by atoms with Crippen molar-refractivity contribution in [1.82, 2.24) is 0 Å². The summed E-state index contributed by atoms with van der Waals surface area (Å²) in [6.45, 7) is 0.157. The minimum Gasteiger partial charge on any atom is -0.493 e. The summed E-state index contributed by atoms with van der Waals surface area (Å²) in [7, 11) is 3.10. The Labute approximate surface area is 159 Å². The smallest absolute Gasteiger partial charge is 0.161 e. The normalized spacial score (nSPS) is 12.9. The number of aliphatic hydroxyl groups is 2. The summed E-state index contributed by atoms with van der Waals surface area (Å²) in [6.07, 6.45) is -1.67. The number of methoxy groups -OCH3 is 2. The second-order valence-electron chi connectivity index (χ2n) is 5.77. The maximum atomic E-state index is 9.94. The molecule has 0 aliphatic heterocycles. The van der Waals surface area contributed by atoms with Gasteiger partial charge in [0.05, 0.1) is 27.4 Å². The monoisotopic (exact) mass is 378 g/mol. The van der Waals surface area contributed by atoms with Gasteiger partial charge in [-0.2, -0.15) is 0 Å². The van der Waals surface area contributed by atoms with Crippen LogP contribution in [0.3, 0.4) is 0 Å². The van der Waals surface area contributed by atoms with Gasteiger partial charge in [0, 0.05) is 0 Å². The van der Waals surface area contributed by atoms with Crippen LogP contribution in [0.4, 0.5) is 0 Å². The van der Waals surface area contributed by atoms with Gasteiger partial charge >= 0.3 is 0 Å². The summed E-state index contributed by atoms with van der Waals surface area (Å²) in [5, 5.41) is 19.9. The van der Waals surface area contributed by atoms with E-state index in [0.717, 1.165) is 0 Å². The molecule has 0 aliphatic carbocycles. The topological polar surface area (TPSA) is 86.6 Å². The third-order valence-corrected chi connectivity index (χ3v) is 3.62. The SMILES string of the molecule is COc1ccccc1OC[C@@H](O)COC[C@H](O)COc1ccccc1OC. The predicted molar refractivity (Wildman–Crippen MR) is 99.8 cm³/mol. The number of aliphatic hydroxyl groups excluding tert-OH is 2. The molecule has 7 nitrogen and oxygen atoms in total. The lowest BCUT2D eigenvalue weighted by Crippen LogP contribution is -2.28. The minimum atomic E-state index is -0.836. The molecule has 0 aromatic heterocycles. The van der Waals surface area contributed by atoms with E-state index in [-0.39, 0.29) is 26.4 Å². The van der Waals surface area contributed by atoms with Gasteiger partial charge in [0.15, 0.2) is 23.0 Å². The lowest BCUT2D eigenvalue weighted by atomic mass is 10.3. The van der Waals surface area contributed by atoms with Crippen molar-refractivity contribution < 1.29 is 33.9 Å². The van der Waals surface area contributed by atoms with E-state index in [1.54, 1.807) is 38.5 Å². The number of rotatable bonds is 12. The maximum absolute atomic E-state index is 9.94. The van der Waals surface area contributed by atoms with Crippen molar-refractivity contribution in [3.8, 4) is 23.0 Å². The molecule has 2 aromatic rings. The fourth-order valence-electron chi connectivity index (χ4n) is 2.28. The molecule has 0 saturated heterocycles. The summed E-state index contributed by atoms with van der Waals surface area (Å²) >= 11 is 0. The zero-order valence-electron chi connectivity index (χ0n) is 15.5. The van der Waals surface area contributed by atoms with Crippen LogP contribution in [0.15, 0.2) is 48.5 Å². The number of ether oxygens (including phenoxy) is 5. The van der Waals surface area contributed by atoms with Crippen LogP contribution in [-0.2, 0) is 4.74 Å². The number of hydrogen-bond acceptors (Lipinski definition) is 7. The Morgan fingerprint density at radius 2 is 1.00 bits per heavy atom. The van der Waals surface area contributed by atoms with Gasteiger partial charge in [0.1, 0.15) is 25.4 Å². The highest BCUT2D eigenvalue weighted by Gasteiger charge is 2.12. The average molecular weight is 378 g/mol. The van der Waals surface area contributed by atoms with Crippen LogP contribution in [-0.4, -0.2) is 63.1 Å². The zero-order chi connectivity index (χ0) is 19.5. The molecule has 0 aliphatic rings. The zero-order valence-corrected chi connectivity index (χ0v) is 15.5. The van der Waals surface area contributed by atoms with E-state index in [0.29, 0.717) is 23.0 Å². The maximum Gasteiger partial charge on any atom is 0.161 e. The molecule has 2 rings (SSSR count). The van der Waals surface area contributed by atoms with Crippen LogP contribution in [0.25, 0.3) is 0 Å². The molecule has 2 aromatic carbocycles. The van der Waals surface area contributed by atoms with Gasteiger partial charge in [-0.15, -0.1) is 0 Å². The van der Waals surface area contributed by atoms with E-state index in [9.17, 15) is 10.2 Å². The second kappa shape index (κ2) is 11.3. The Hall–Kier alpha value is -2.48. The van der Waals surface area contributed by atoms with Gasteiger partial charge in [-0.1, -0.05) is 24.3 Å². The van der Waals surface area contributed by atoms with E-state index in [1.165, 1.54) is 0 Å². The molecule has 2 atom stereocenters. The van der Waals surface area contributed by atoms with E-state index in [2.05, 4.69) is 0 Å². The molecule has 0 bridgehead atoms. The Morgan fingerprint density at radius 3 is 1.37 bits per heavy atom. The Kier molecular flexibility index (Phi) is 8.70. The van der Waals surface area contributed by atoms with Crippen molar-refractivity contribution in [3.05, 3.63) is 48.5 Å². The van der Waals surface area contributed by atoms with Crippen LogP contribution < -0.4 is 18.9 Å². The van der Waals surface area contributed by atoms with Crippen molar-refractivity contribution >= 4 is 0 Å². The van der Waals surface area contributed by atoms with E-state index in [1.807, 2.05) is 24.3 Å². The summed E-state index contributed by atoms with van der Waals surface area (Å²) in [4.78, 5) is 0. The van der Waals surface area contributed by atoms with Crippen LogP contribution in [0.2, 0.25) is 0 Å². The van der Waals surface area contributed by atoms with Crippen molar-refractivity contribution in [2.75, 3.05) is 40.6 Å². The van der Waals surface area contributed by atoms with Gasteiger partial charge in [0.2, 0.25) is 0 Å². The molecule has 7 heteroatoms. The largest absolute Gasteiger partial charge is 0.493 e. The first kappa shape index (κ1) is 20.8. The van der Waals surface area contributed by atoms with E-state index in [4.69, 9.17) is 23.7 Å². The lowest BCUT2D eigenvalue weighted by Gasteiger charge is -2.17. The molecule has 0 radical (unpaired) electrons. The fourth-order valence-corrected chi connectivity index (χ4v) is 2.28. The summed E-state index contributed by atoms with van der Waals surface area (Å²) in [5.41, 5.74) is 0. The quantitative estimate of drug-likeness (QED) is 0.583. The van der Waals surface area contributed by atoms with Crippen molar-refractivity contribution in [2.45, 2.75) is 12.2 Å². The number of hydrogen-bond donors (Lipinski definition) is 2. The van der Waals surface area contributed by atoms with Gasteiger partial charge in [-0.3, -0.25) is 0 Å². The first-order valence-corrected chi connectivity index (χ1v) is 8.59. The molecule has 0 unspecified atom stereocenters. The van der Waals surface area contributed by atoms with E-state index >= 15 is 0 Å². The molecule has 0 heterocycles. The third kappa shape index (κ3) is 6.97. The Bertz CT molecular complexity index is 619. The summed E-state index contributed by atoms with van der Waals surface area (Å²) in [6, 6.07) is 14.4. The molecule has 148 valence electrons. The molecule has 27 heavy (non-hydrogen) atoms. The third-order valence-electron chi connectivity index (χ3n) is 3.62. The van der Waals surface area contributed by atoms with Crippen LogP contribution >= 0.6 is 0 Å².